The van der Waals surface area contributed by atoms with E-state index in [1.165, 1.54) is 12.8 Å². The number of methoxy groups -OCH3 is 1. The van der Waals surface area contributed by atoms with E-state index < -0.39 is 0 Å². The molecule has 1 aromatic rings. The number of benzene rings is 1. The highest BCUT2D eigenvalue weighted by Gasteiger charge is 2.07. The largest absolute Gasteiger partial charge is 0.493 e. The van der Waals surface area contributed by atoms with E-state index in [0.717, 1.165) is 29.2 Å². The Labute approximate surface area is 97.6 Å². The average Bonchev–Trinajstić information content (AvgIpc) is 2.28. The second-order valence-electron chi connectivity index (χ2n) is 3.92. The first-order valence-corrected chi connectivity index (χ1v) is 5.76. The molecular formula is C13H21NO2. The molecule has 1 rings (SSSR count). The van der Waals surface area contributed by atoms with Crippen molar-refractivity contribution in [1.29, 1.82) is 0 Å². The van der Waals surface area contributed by atoms with Crippen molar-refractivity contribution in [2.75, 3.05) is 19.5 Å². The molecule has 0 aliphatic carbocycles. The van der Waals surface area contributed by atoms with Gasteiger partial charge in [0.2, 0.25) is 0 Å². The van der Waals surface area contributed by atoms with Crippen molar-refractivity contribution in [3.63, 3.8) is 0 Å². The fraction of sp³-hybridized carbons (Fsp3) is 0.538. The second-order valence-corrected chi connectivity index (χ2v) is 3.92. The van der Waals surface area contributed by atoms with Crippen LogP contribution in [0.2, 0.25) is 0 Å². The minimum absolute atomic E-state index is 0.715. The van der Waals surface area contributed by atoms with Gasteiger partial charge >= 0.3 is 0 Å². The highest BCUT2D eigenvalue weighted by atomic mass is 16.5. The molecule has 0 aliphatic heterocycles. The zero-order chi connectivity index (χ0) is 12.0. The molecule has 0 aromatic heterocycles. The van der Waals surface area contributed by atoms with Crippen molar-refractivity contribution in [3.05, 3.63) is 17.7 Å². The second kappa shape index (κ2) is 6.26. The summed E-state index contributed by atoms with van der Waals surface area (Å²) >= 11 is 0. The quantitative estimate of drug-likeness (QED) is 0.595. The molecule has 3 nitrogen and oxygen atoms in total. The van der Waals surface area contributed by atoms with Gasteiger partial charge in [-0.2, -0.15) is 0 Å². The number of unbranched alkanes of at least 4 members (excludes halogenated alkanes) is 2. The van der Waals surface area contributed by atoms with Crippen molar-refractivity contribution in [1.82, 2.24) is 0 Å². The Morgan fingerprint density at radius 3 is 2.56 bits per heavy atom. The molecule has 0 heterocycles. The first-order chi connectivity index (χ1) is 7.69. The van der Waals surface area contributed by atoms with Crippen molar-refractivity contribution in [2.45, 2.75) is 33.1 Å². The molecule has 0 saturated carbocycles. The lowest BCUT2D eigenvalue weighted by molar-refractivity contribution is 0.286. The number of aryl methyl sites for hydroxylation is 1. The van der Waals surface area contributed by atoms with Crippen LogP contribution in [-0.2, 0) is 0 Å². The Morgan fingerprint density at radius 1 is 1.19 bits per heavy atom. The van der Waals surface area contributed by atoms with Gasteiger partial charge in [-0.1, -0.05) is 19.8 Å². The highest BCUT2D eigenvalue weighted by Crippen LogP contribution is 2.31. The maximum absolute atomic E-state index is 5.84. The van der Waals surface area contributed by atoms with Crippen LogP contribution in [0.1, 0.15) is 31.7 Å². The summed E-state index contributed by atoms with van der Waals surface area (Å²) in [6, 6.07) is 3.74. The normalized spacial score (nSPS) is 10.2. The van der Waals surface area contributed by atoms with E-state index in [1.54, 1.807) is 7.11 Å². The number of anilines is 1. The fourth-order valence-corrected chi connectivity index (χ4v) is 1.48. The lowest BCUT2D eigenvalue weighted by Crippen LogP contribution is -2.01. The predicted octanol–water partition coefficient (Wildman–Crippen LogP) is 3.15. The summed E-state index contributed by atoms with van der Waals surface area (Å²) in [6.07, 6.45) is 3.44. The van der Waals surface area contributed by atoms with Crippen LogP contribution in [0.5, 0.6) is 11.5 Å². The van der Waals surface area contributed by atoms with Crippen LogP contribution in [-0.4, -0.2) is 13.7 Å². The number of rotatable bonds is 6. The van der Waals surface area contributed by atoms with Gasteiger partial charge in [0.05, 0.1) is 13.7 Å². The molecule has 0 atom stereocenters. The molecule has 2 N–H and O–H groups in total. The lowest BCUT2D eigenvalue weighted by atomic mass is 10.2. The van der Waals surface area contributed by atoms with Gasteiger partial charge in [-0.3, -0.25) is 0 Å². The Balaban J connectivity index is 2.66. The molecule has 0 amide bonds. The van der Waals surface area contributed by atoms with Crippen molar-refractivity contribution >= 4 is 5.69 Å². The number of nitrogens with two attached hydrogens (primary N) is 1. The van der Waals surface area contributed by atoms with E-state index in [1.807, 2.05) is 19.1 Å². The van der Waals surface area contributed by atoms with Gasteiger partial charge in [0.1, 0.15) is 0 Å². The Kier molecular flexibility index (Phi) is 4.96. The van der Waals surface area contributed by atoms with Crippen molar-refractivity contribution in [3.8, 4) is 11.5 Å². The van der Waals surface area contributed by atoms with E-state index in [0.29, 0.717) is 6.61 Å². The number of nitrogen functional groups attached to an aromatic ring is 1. The van der Waals surface area contributed by atoms with E-state index in [-0.39, 0.29) is 0 Å². The number of ether oxygens (including phenoxy) is 2. The summed E-state index contributed by atoms with van der Waals surface area (Å²) in [5.74, 6) is 1.49. The third-order valence-electron chi connectivity index (χ3n) is 2.56. The number of hydrogen-bond donors (Lipinski definition) is 1. The maximum atomic E-state index is 5.84. The molecule has 0 saturated heterocycles. The molecule has 0 bridgehead atoms. The van der Waals surface area contributed by atoms with Gasteiger partial charge in [0.25, 0.3) is 0 Å². The predicted molar refractivity (Wildman–Crippen MR) is 67.2 cm³/mol. The minimum atomic E-state index is 0.715. The van der Waals surface area contributed by atoms with E-state index in [9.17, 15) is 0 Å². The van der Waals surface area contributed by atoms with Gasteiger partial charge in [-0.15, -0.1) is 0 Å². The van der Waals surface area contributed by atoms with Crippen LogP contribution >= 0.6 is 0 Å². The summed E-state index contributed by atoms with van der Waals surface area (Å²) in [7, 11) is 1.64. The van der Waals surface area contributed by atoms with Crippen LogP contribution < -0.4 is 15.2 Å². The lowest BCUT2D eigenvalue weighted by Gasteiger charge is -2.12. The van der Waals surface area contributed by atoms with E-state index in [2.05, 4.69) is 6.92 Å². The van der Waals surface area contributed by atoms with Gasteiger partial charge in [0.15, 0.2) is 11.5 Å². The smallest absolute Gasteiger partial charge is 0.163 e. The zero-order valence-electron chi connectivity index (χ0n) is 10.4. The van der Waals surface area contributed by atoms with Gasteiger partial charge in [-0.25, -0.2) is 0 Å². The molecule has 0 radical (unpaired) electrons. The summed E-state index contributed by atoms with van der Waals surface area (Å²) in [5.41, 5.74) is 7.59. The van der Waals surface area contributed by atoms with Gasteiger partial charge in [-0.05, 0) is 25.0 Å². The third kappa shape index (κ3) is 3.33. The Bertz CT molecular complexity index is 337. The molecule has 3 heteroatoms. The highest BCUT2D eigenvalue weighted by molar-refractivity contribution is 5.57. The fourth-order valence-electron chi connectivity index (χ4n) is 1.48. The zero-order valence-corrected chi connectivity index (χ0v) is 10.4. The molecule has 16 heavy (non-hydrogen) atoms. The first-order valence-electron chi connectivity index (χ1n) is 5.76. The van der Waals surface area contributed by atoms with Crippen LogP contribution in [0, 0.1) is 6.92 Å². The summed E-state index contributed by atoms with van der Waals surface area (Å²) in [4.78, 5) is 0. The van der Waals surface area contributed by atoms with Gasteiger partial charge in [0, 0.05) is 11.8 Å². The molecule has 0 spiro atoms. The van der Waals surface area contributed by atoms with Crippen molar-refractivity contribution in [2.24, 2.45) is 0 Å². The van der Waals surface area contributed by atoms with Crippen LogP contribution in [0.3, 0.4) is 0 Å². The summed E-state index contributed by atoms with van der Waals surface area (Å²) in [5, 5.41) is 0. The first kappa shape index (κ1) is 12.7. The van der Waals surface area contributed by atoms with E-state index >= 15 is 0 Å². The molecule has 0 unspecified atom stereocenters. The maximum Gasteiger partial charge on any atom is 0.163 e. The van der Waals surface area contributed by atoms with Crippen molar-refractivity contribution < 1.29 is 9.47 Å². The minimum Gasteiger partial charge on any atom is -0.493 e. The third-order valence-corrected chi connectivity index (χ3v) is 2.56. The molecule has 0 aliphatic rings. The van der Waals surface area contributed by atoms with Gasteiger partial charge < -0.3 is 15.2 Å². The number of hydrogen-bond acceptors (Lipinski definition) is 3. The topological polar surface area (TPSA) is 44.5 Å². The molecule has 0 fully saturated rings. The van der Waals surface area contributed by atoms with Crippen LogP contribution in [0.25, 0.3) is 0 Å². The van der Waals surface area contributed by atoms with E-state index in [4.69, 9.17) is 15.2 Å². The Hall–Kier alpha value is -1.38. The summed E-state index contributed by atoms with van der Waals surface area (Å²) < 4.78 is 10.9. The standard InChI is InChI=1S/C13H21NO2/c1-4-5-6-7-16-13-9-11(14)10(2)8-12(13)15-3/h8-9H,4-7,14H2,1-3H3. The molecule has 1 aromatic carbocycles. The SMILES string of the molecule is CCCCCOc1cc(N)c(C)cc1OC. The Morgan fingerprint density at radius 2 is 1.94 bits per heavy atom. The molecule has 90 valence electrons. The average molecular weight is 223 g/mol. The summed E-state index contributed by atoms with van der Waals surface area (Å²) in [6.45, 7) is 4.84. The van der Waals surface area contributed by atoms with Crippen LogP contribution in [0.15, 0.2) is 12.1 Å². The monoisotopic (exact) mass is 223 g/mol. The van der Waals surface area contributed by atoms with Crippen LogP contribution in [0.4, 0.5) is 5.69 Å². The molecular weight excluding hydrogens is 202 g/mol.